The maximum absolute atomic E-state index is 12.7. The minimum absolute atomic E-state index is 0.115. The number of carbonyl (C=O) groups excluding carboxylic acids is 3. The number of carboxylic acid groups (broad SMARTS) is 1. The van der Waals surface area contributed by atoms with Crippen LogP contribution < -0.4 is 10.1 Å². The molecule has 0 bridgehead atoms. The summed E-state index contributed by atoms with van der Waals surface area (Å²) < 4.78 is 10.5. The number of carbonyl (C=O) groups is 4. The molecule has 0 aliphatic heterocycles. The van der Waals surface area contributed by atoms with Gasteiger partial charge in [0.05, 0.1) is 19.4 Å². The number of rotatable bonds is 16. The van der Waals surface area contributed by atoms with Crippen molar-refractivity contribution in [3.05, 3.63) is 59.7 Å². The van der Waals surface area contributed by atoms with Gasteiger partial charge in [0.1, 0.15) is 17.5 Å². The van der Waals surface area contributed by atoms with Crippen LogP contribution in [-0.4, -0.2) is 46.7 Å². The summed E-state index contributed by atoms with van der Waals surface area (Å²) in [6, 6.07) is 12.2. The van der Waals surface area contributed by atoms with Crippen LogP contribution in [0.3, 0.4) is 0 Å². The van der Waals surface area contributed by atoms with Gasteiger partial charge in [0, 0.05) is 12.8 Å². The van der Waals surface area contributed by atoms with E-state index >= 15 is 0 Å². The first-order valence-electron chi connectivity index (χ1n) is 12.5. The molecule has 0 saturated carbocycles. The molecule has 2 aromatic carbocycles. The van der Waals surface area contributed by atoms with Gasteiger partial charge in [-0.15, -0.1) is 0 Å². The molecule has 0 aliphatic rings. The Morgan fingerprint density at radius 2 is 1.54 bits per heavy atom. The molecule has 0 saturated heterocycles. The summed E-state index contributed by atoms with van der Waals surface area (Å²) in [6.07, 6.45) is 4.14. The van der Waals surface area contributed by atoms with E-state index in [1.807, 2.05) is 0 Å². The highest BCUT2D eigenvalue weighted by molar-refractivity contribution is 5.85. The Morgan fingerprint density at radius 1 is 0.865 bits per heavy atom. The molecule has 2 rings (SSSR count). The molecule has 0 heterocycles. The quantitative estimate of drug-likeness (QED) is 0.174. The van der Waals surface area contributed by atoms with E-state index in [0.29, 0.717) is 18.8 Å². The molecule has 9 heteroatoms. The Balaban J connectivity index is 1.89. The number of aliphatic carboxylic acids is 1. The number of carboxylic acids is 1. The number of hydrogen-bond acceptors (Lipinski definition) is 7. The number of hydrogen-bond donors (Lipinski definition) is 3. The van der Waals surface area contributed by atoms with Crippen molar-refractivity contribution in [2.24, 2.45) is 0 Å². The summed E-state index contributed by atoms with van der Waals surface area (Å²) in [5.41, 5.74) is 1.61. The highest BCUT2D eigenvalue weighted by Crippen LogP contribution is 2.15. The van der Waals surface area contributed by atoms with Gasteiger partial charge in [0.15, 0.2) is 0 Å². The molecule has 0 radical (unpaired) electrons. The zero-order valence-electron chi connectivity index (χ0n) is 21.1. The van der Waals surface area contributed by atoms with Crippen LogP contribution in [0.2, 0.25) is 0 Å². The molecule has 2 aromatic rings. The highest BCUT2D eigenvalue weighted by atomic mass is 16.5. The normalized spacial score (nSPS) is 11.4. The third-order valence-corrected chi connectivity index (χ3v) is 5.58. The molecule has 0 unspecified atom stereocenters. The predicted octanol–water partition coefficient (Wildman–Crippen LogP) is 3.95. The molecule has 0 aromatic heterocycles. The van der Waals surface area contributed by atoms with E-state index in [9.17, 15) is 24.3 Å². The first-order chi connectivity index (χ1) is 17.8. The Morgan fingerprint density at radius 3 is 2.19 bits per heavy atom. The average Bonchev–Trinajstić information content (AvgIpc) is 2.87. The third-order valence-electron chi connectivity index (χ3n) is 5.58. The first-order valence-corrected chi connectivity index (χ1v) is 12.5. The molecule has 1 atom stereocenters. The van der Waals surface area contributed by atoms with Gasteiger partial charge in [0.2, 0.25) is 5.91 Å². The number of unbranched alkanes of at least 4 members (excludes halogenated alkanes) is 3. The monoisotopic (exact) mass is 513 g/mol. The van der Waals surface area contributed by atoms with Crippen LogP contribution in [0.15, 0.2) is 48.5 Å². The van der Waals surface area contributed by atoms with Gasteiger partial charge in [0.25, 0.3) is 0 Å². The fraction of sp³-hybridized carbons (Fsp3) is 0.429. The van der Waals surface area contributed by atoms with Gasteiger partial charge in [-0.3, -0.25) is 14.4 Å². The SMILES string of the molecule is CCCCCCOC(=O)[C@H](Cc1ccc(O)cc1)NC(=O)CCc1ccc(OC(=O)CCC(=O)O)cc1. The van der Waals surface area contributed by atoms with Crippen LogP contribution in [0, 0.1) is 0 Å². The van der Waals surface area contributed by atoms with E-state index in [2.05, 4.69) is 12.2 Å². The number of phenols is 1. The van der Waals surface area contributed by atoms with Crippen LogP contribution in [0.25, 0.3) is 0 Å². The number of esters is 2. The second-order valence-electron chi connectivity index (χ2n) is 8.73. The minimum Gasteiger partial charge on any atom is -0.508 e. The smallest absolute Gasteiger partial charge is 0.328 e. The maximum Gasteiger partial charge on any atom is 0.328 e. The zero-order chi connectivity index (χ0) is 27.0. The average molecular weight is 514 g/mol. The van der Waals surface area contributed by atoms with Gasteiger partial charge >= 0.3 is 17.9 Å². The van der Waals surface area contributed by atoms with Crippen LogP contribution >= 0.6 is 0 Å². The first kappa shape index (κ1) is 29.4. The summed E-state index contributed by atoms with van der Waals surface area (Å²) >= 11 is 0. The molecule has 9 nitrogen and oxygen atoms in total. The summed E-state index contributed by atoms with van der Waals surface area (Å²) in [5, 5.41) is 20.9. The molecule has 0 aliphatic carbocycles. The van der Waals surface area contributed by atoms with Crippen LogP contribution in [0.5, 0.6) is 11.5 Å². The van der Waals surface area contributed by atoms with E-state index < -0.39 is 23.9 Å². The van der Waals surface area contributed by atoms with Crippen molar-refractivity contribution in [2.75, 3.05) is 6.61 Å². The number of amides is 1. The number of aryl methyl sites for hydroxylation is 1. The lowest BCUT2D eigenvalue weighted by atomic mass is 10.0. The van der Waals surface area contributed by atoms with E-state index in [0.717, 1.165) is 36.8 Å². The van der Waals surface area contributed by atoms with Crippen molar-refractivity contribution < 1.29 is 38.9 Å². The fourth-order valence-electron chi connectivity index (χ4n) is 3.50. The van der Waals surface area contributed by atoms with Gasteiger partial charge in [-0.1, -0.05) is 50.5 Å². The van der Waals surface area contributed by atoms with Crippen LogP contribution in [-0.2, 0) is 36.8 Å². The standard InChI is InChI=1S/C28H35NO8/c1-2-3-4-5-18-36-28(35)24(19-21-6-11-22(30)12-7-21)29-25(31)15-10-20-8-13-23(14-9-20)37-27(34)17-16-26(32)33/h6-9,11-14,24,30H,2-5,10,15-19H2,1H3,(H,29,31)(H,32,33)/t24-/m0/s1. The lowest BCUT2D eigenvalue weighted by molar-refractivity contribution is -0.148. The number of aromatic hydroxyl groups is 1. The van der Waals surface area contributed by atoms with Gasteiger partial charge in [-0.2, -0.15) is 0 Å². The van der Waals surface area contributed by atoms with E-state index in [-0.39, 0.29) is 37.3 Å². The maximum atomic E-state index is 12.7. The van der Waals surface area contributed by atoms with Gasteiger partial charge in [-0.25, -0.2) is 4.79 Å². The number of phenolic OH excluding ortho intramolecular Hbond substituents is 1. The predicted molar refractivity (Wildman–Crippen MR) is 136 cm³/mol. The van der Waals surface area contributed by atoms with E-state index in [1.165, 1.54) is 12.1 Å². The Hall–Kier alpha value is -3.88. The molecule has 37 heavy (non-hydrogen) atoms. The second-order valence-corrected chi connectivity index (χ2v) is 8.73. The summed E-state index contributed by atoms with van der Waals surface area (Å²) in [6.45, 7) is 2.40. The van der Waals surface area contributed by atoms with Crippen molar-refractivity contribution in [3.8, 4) is 11.5 Å². The molecular weight excluding hydrogens is 478 g/mol. The number of nitrogens with one attached hydrogen (secondary N) is 1. The lowest BCUT2D eigenvalue weighted by Crippen LogP contribution is -2.43. The lowest BCUT2D eigenvalue weighted by Gasteiger charge is -2.18. The van der Waals surface area contributed by atoms with Crippen LogP contribution in [0.4, 0.5) is 0 Å². The largest absolute Gasteiger partial charge is 0.508 e. The molecule has 1 amide bonds. The molecule has 0 spiro atoms. The molecular formula is C28H35NO8. The van der Waals surface area contributed by atoms with E-state index in [4.69, 9.17) is 14.6 Å². The second kappa shape index (κ2) is 16.0. The fourth-order valence-corrected chi connectivity index (χ4v) is 3.50. The number of ether oxygens (including phenoxy) is 2. The topological polar surface area (TPSA) is 139 Å². The third kappa shape index (κ3) is 12.1. The van der Waals surface area contributed by atoms with E-state index in [1.54, 1.807) is 36.4 Å². The van der Waals surface area contributed by atoms with Crippen molar-refractivity contribution in [1.82, 2.24) is 5.32 Å². The minimum atomic E-state index is -1.07. The zero-order valence-corrected chi connectivity index (χ0v) is 21.1. The van der Waals surface area contributed by atoms with Crippen molar-refractivity contribution >= 4 is 23.8 Å². The van der Waals surface area contributed by atoms with Crippen molar-refractivity contribution in [1.29, 1.82) is 0 Å². The Labute approximate surface area is 216 Å². The van der Waals surface area contributed by atoms with Gasteiger partial charge in [-0.05, 0) is 48.2 Å². The van der Waals surface area contributed by atoms with Crippen molar-refractivity contribution in [3.63, 3.8) is 0 Å². The molecule has 200 valence electrons. The Bertz CT molecular complexity index is 1020. The van der Waals surface area contributed by atoms with Crippen LogP contribution in [0.1, 0.15) is 63.0 Å². The number of benzene rings is 2. The summed E-state index contributed by atoms with van der Waals surface area (Å²) in [4.78, 5) is 47.5. The Kier molecular flexibility index (Phi) is 12.7. The molecule has 0 fully saturated rings. The highest BCUT2D eigenvalue weighted by Gasteiger charge is 2.23. The summed E-state index contributed by atoms with van der Waals surface area (Å²) in [7, 11) is 0. The van der Waals surface area contributed by atoms with Crippen molar-refractivity contribution in [2.45, 2.75) is 70.8 Å². The molecule has 3 N–H and O–H groups in total. The van der Waals surface area contributed by atoms with Gasteiger partial charge < -0.3 is 25.0 Å². The summed E-state index contributed by atoms with van der Waals surface area (Å²) in [5.74, 6) is -2.10.